The molecule has 1 aromatic heterocycles. The second-order valence-corrected chi connectivity index (χ2v) is 5.35. The summed E-state index contributed by atoms with van der Waals surface area (Å²) in [7, 11) is 0. The fourth-order valence-corrected chi connectivity index (χ4v) is 2.41. The summed E-state index contributed by atoms with van der Waals surface area (Å²) < 4.78 is 7.29. The van der Waals surface area contributed by atoms with E-state index in [0.717, 1.165) is 8.95 Å². The summed E-state index contributed by atoms with van der Waals surface area (Å²) in [6, 6.07) is 5.48. The highest BCUT2D eigenvalue weighted by Gasteiger charge is 2.10. The Kier molecular flexibility index (Phi) is 4.39. The Labute approximate surface area is 125 Å². The van der Waals surface area contributed by atoms with Crippen LogP contribution in [-0.4, -0.2) is 9.97 Å². The number of halogens is 3. The number of hydrazine groups is 1. The van der Waals surface area contributed by atoms with Crippen molar-refractivity contribution in [3.05, 3.63) is 38.4 Å². The molecule has 0 bridgehead atoms. The minimum atomic E-state index is 0.225. The minimum absolute atomic E-state index is 0.225. The molecule has 8 heteroatoms. The van der Waals surface area contributed by atoms with Crippen molar-refractivity contribution in [2.75, 3.05) is 5.43 Å². The standard InChI is InChI=1S/C10H7Br2ClN4O/c11-5-1-2-8(6(12)3-5)18-9-7(13)4-15-10(16-9)17-14/h1-4H,14H2,(H,15,16,17). The first-order valence-electron chi connectivity index (χ1n) is 4.72. The van der Waals surface area contributed by atoms with Crippen LogP contribution in [0.5, 0.6) is 11.6 Å². The Bertz CT molecular complexity index is 582. The summed E-state index contributed by atoms with van der Waals surface area (Å²) >= 11 is 12.7. The maximum absolute atomic E-state index is 5.94. The molecule has 0 saturated carbocycles. The molecule has 0 radical (unpaired) electrons. The first-order valence-corrected chi connectivity index (χ1v) is 6.68. The van der Waals surface area contributed by atoms with E-state index in [-0.39, 0.29) is 11.8 Å². The van der Waals surface area contributed by atoms with E-state index in [1.165, 1.54) is 6.20 Å². The summed E-state index contributed by atoms with van der Waals surface area (Å²) in [6.07, 6.45) is 1.41. The molecular weight excluding hydrogens is 387 g/mol. The largest absolute Gasteiger partial charge is 0.436 e. The number of nitrogens with one attached hydrogen (secondary N) is 1. The highest BCUT2D eigenvalue weighted by molar-refractivity contribution is 9.11. The summed E-state index contributed by atoms with van der Waals surface area (Å²) in [5.41, 5.74) is 2.32. The van der Waals surface area contributed by atoms with Gasteiger partial charge < -0.3 is 4.74 Å². The zero-order valence-corrected chi connectivity index (χ0v) is 12.8. The third kappa shape index (κ3) is 3.11. The van der Waals surface area contributed by atoms with E-state index in [0.29, 0.717) is 10.8 Å². The number of hydrogen-bond acceptors (Lipinski definition) is 5. The minimum Gasteiger partial charge on any atom is -0.436 e. The third-order valence-corrected chi connectivity index (χ3v) is 3.31. The maximum atomic E-state index is 5.94. The number of anilines is 1. The lowest BCUT2D eigenvalue weighted by atomic mass is 10.3. The van der Waals surface area contributed by atoms with Crippen molar-refractivity contribution in [3.8, 4) is 11.6 Å². The molecule has 1 heterocycles. The Hall–Kier alpha value is -0.890. The average molecular weight is 394 g/mol. The van der Waals surface area contributed by atoms with Crippen molar-refractivity contribution in [2.45, 2.75) is 0 Å². The van der Waals surface area contributed by atoms with Crippen molar-refractivity contribution in [3.63, 3.8) is 0 Å². The van der Waals surface area contributed by atoms with E-state index in [9.17, 15) is 0 Å². The first kappa shape index (κ1) is 13.5. The van der Waals surface area contributed by atoms with Gasteiger partial charge in [0.25, 0.3) is 0 Å². The first-order chi connectivity index (χ1) is 8.60. The number of benzene rings is 1. The maximum Gasteiger partial charge on any atom is 0.243 e. The summed E-state index contributed by atoms with van der Waals surface area (Å²) in [6.45, 7) is 0. The van der Waals surface area contributed by atoms with Crippen molar-refractivity contribution < 1.29 is 4.74 Å². The molecule has 18 heavy (non-hydrogen) atoms. The Morgan fingerprint density at radius 1 is 1.33 bits per heavy atom. The zero-order chi connectivity index (χ0) is 13.1. The van der Waals surface area contributed by atoms with Crippen molar-refractivity contribution in [1.29, 1.82) is 0 Å². The van der Waals surface area contributed by atoms with Gasteiger partial charge in [0, 0.05) is 4.47 Å². The van der Waals surface area contributed by atoms with Gasteiger partial charge in [0.15, 0.2) is 0 Å². The number of nitrogens with zero attached hydrogens (tertiary/aromatic N) is 2. The lowest BCUT2D eigenvalue weighted by Gasteiger charge is -2.09. The second kappa shape index (κ2) is 5.83. The molecule has 5 nitrogen and oxygen atoms in total. The van der Waals surface area contributed by atoms with Gasteiger partial charge in [-0.05, 0) is 34.1 Å². The van der Waals surface area contributed by atoms with Gasteiger partial charge in [0.2, 0.25) is 11.8 Å². The average Bonchev–Trinajstić information content (AvgIpc) is 2.35. The van der Waals surface area contributed by atoms with Gasteiger partial charge in [-0.3, -0.25) is 5.43 Å². The molecule has 3 N–H and O–H groups in total. The van der Waals surface area contributed by atoms with E-state index < -0.39 is 0 Å². The summed E-state index contributed by atoms with van der Waals surface area (Å²) in [5.74, 6) is 6.26. The number of hydrogen-bond donors (Lipinski definition) is 2. The van der Waals surface area contributed by atoms with Crippen LogP contribution in [0.3, 0.4) is 0 Å². The number of nitrogens with two attached hydrogens (primary N) is 1. The van der Waals surface area contributed by atoms with Crippen molar-refractivity contribution in [2.24, 2.45) is 5.84 Å². The quantitative estimate of drug-likeness (QED) is 0.613. The molecular formula is C10H7Br2ClN4O. The van der Waals surface area contributed by atoms with Crippen LogP contribution in [0, 0.1) is 0 Å². The van der Waals surface area contributed by atoms with E-state index in [4.69, 9.17) is 22.2 Å². The lowest BCUT2D eigenvalue weighted by Crippen LogP contribution is -2.10. The van der Waals surface area contributed by atoms with Crippen LogP contribution in [0.25, 0.3) is 0 Å². The molecule has 0 saturated heterocycles. The Balaban J connectivity index is 2.33. The van der Waals surface area contributed by atoms with Gasteiger partial charge in [-0.2, -0.15) is 4.98 Å². The normalized spacial score (nSPS) is 10.2. The van der Waals surface area contributed by atoms with E-state index in [1.54, 1.807) is 6.07 Å². The molecule has 0 spiro atoms. The van der Waals surface area contributed by atoms with E-state index >= 15 is 0 Å². The third-order valence-electron chi connectivity index (χ3n) is 1.94. The topological polar surface area (TPSA) is 73.1 Å². The van der Waals surface area contributed by atoms with E-state index in [1.807, 2.05) is 12.1 Å². The fourth-order valence-electron chi connectivity index (χ4n) is 1.15. The summed E-state index contributed by atoms with van der Waals surface area (Å²) in [5, 5.41) is 0.295. The zero-order valence-electron chi connectivity index (χ0n) is 8.82. The molecule has 0 aliphatic heterocycles. The van der Waals surface area contributed by atoms with Crippen molar-refractivity contribution >= 4 is 49.4 Å². The molecule has 94 valence electrons. The number of aromatic nitrogens is 2. The van der Waals surface area contributed by atoms with Gasteiger partial charge >= 0.3 is 0 Å². The van der Waals surface area contributed by atoms with Crippen LogP contribution in [0.2, 0.25) is 5.02 Å². The highest BCUT2D eigenvalue weighted by Crippen LogP contribution is 2.34. The van der Waals surface area contributed by atoms with Crippen LogP contribution in [0.1, 0.15) is 0 Å². The monoisotopic (exact) mass is 392 g/mol. The summed E-state index contributed by atoms with van der Waals surface area (Å²) in [4.78, 5) is 7.87. The molecule has 0 amide bonds. The van der Waals surface area contributed by atoms with Gasteiger partial charge in [0.05, 0.1) is 10.7 Å². The van der Waals surface area contributed by atoms with Gasteiger partial charge in [-0.25, -0.2) is 10.8 Å². The SMILES string of the molecule is NNc1ncc(Cl)c(Oc2ccc(Br)cc2Br)n1. The van der Waals surface area contributed by atoms with Crippen LogP contribution < -0.4 is 16.0 Å². The predicted octanol–water partition coefficient (Wildman–Crippen LogP) is 3.73. The second-order valence-electron chi connectivity index (χ2n) is 3.17. The molecule has 2 aromatic rings. The molecule has 0 atom stereocenters. The molecule has 1 aromatic carbocycles. The predicted molar refractivity (Wildman–Crippen MR) is 76.8 cm³/mol. The number of nitrogen functional groups attached to an aromatic ring is 1. The van der Waals surface area contributed by atoms with E-state index in [2.05, 4.69) is 47.3 Å². The molecule has 0 fully saturated rings. The lowest BCUT2D eigenvalue weighted by molar-refractivity contribution is 0.459. The van der Waals surface area contributed by atoms with Crippen LogP contribution in [-0.2, 0) is 0 Å². The molecule has 0 unspecified atom stereocenters. The Morgan fingerprint density at radius 3 is 2.78 bits per heavy atom. The van der Waals surface area contributed by atoms with Crippen molar-refractivity contribution in [1.82, 2.24) is 9.97 Å². The van der Waals surface area contributed by atoms with Gasteiger partial charge in [-0.1, -0.05) is 27.5 Å². The highest BCUT2D eigenvalue weighted by atomic mass is 79.9. The molecule has 2 rings (SSSR count). The van der Waals surface area contributed by atoms with Gasteiger partial charge in [-0.15, -0.1) is 0 Å². The van der Waals surface area contributed by atoms with Crippen LogP contribution in [0.15, 0.2) is 33.3 Å². The number of rotatable bonds is 3. The van der Waals surface area contributed by atoms with Gasteiger partial charge in [0.1, 0.15) is 10.8 Å². The van der Waals surface area contributed by atoms with Crippen LogP contribution in [0.4, 0.5) is 5.95 Å². The Morgan fingerprint density at radius 2 is 2.11 bits per heavy atom. The fraction of sp³-hybridized carbons (Fsp3) is 0. The van der Waals surface area contributed by atoms with Crippen LogP contribution >= 0.6 is 43.5 Å². The smallest absolute Gasteiger partial charge is 0.243 e. The molecule has 0 aliphatic carbocycles. The number of ether oxygens (including phenoxy) is 1. The molecule has 0 aliphatic rings.